The van der Waals surface area contributed by atoms with Crippen LogP contribution in [-0.2, 0) is 11.3 Å². The Kier molecular flexibility index (Phi) is 6.12. The molecule has 0 spiro atoms. The summed E-state index contributed by atoms with van der Waals surface area (Å²) in [6.45, 7) is 6.27. The van der Waals surface area contributed by atoms with Crippen molar-refractivity contribution in [2.45, 2.75) is 6.54 Å². The molecule has 2 aromatic heterocycles. The summed E-state index contributed by atoms with van der Waals surface area (Å²) < 4.78 is 7.31. The minimum atomic E-state index is -0.0558. The lowest BCUT2D eigenvalue weighted by Crippen LogP contribution is -2.47. The van der Waals surface area contributed by atoms with Crippen LogP contribution in [0.15, 0.2) is 60.8 Å². The Morgan fingerprint density at radius 3 is 2.52 bits per heavy atom. The summed E-state index contributed by atoms with van der Waals surface area (Å²) in [5, 5.41) is 3.01. The van der Waals surface area contributed by atoms with Gasteiger partial charge < -0.3 is 19.4 Å². The van der Waals surface area contributed by atoms with E-state index in [-0.39, 0.29) is 5.91 Å². The van der Waals surface area contributed by atoms with Crippen LogP contribution in [0.25, 0.3) is 5.52 Å². The second-order valence-corrected chi connectivity index (χ2v) is 7.39. The first kappa shape index (κ1) is 19.5. The van der Waals surface area contributed by atoms with Gasteiger partial charge >= 0.3 is 0 Å². The maximum Gasteiger partial charge on any atom is 0.253 e. The summed E-state index contributed by atoms with van der Waals surface area (Å²) in [5.74, 6) is 1.09. The lowest BCUT2D eigenvalue weighted by molar-refractivity contribution is 0.0950. The molecule has 0 bridgehead atoms. The Hall–Kier alpha value is -2.83. The summed E-state index contributed by atoms with van der Waals surface area (Å²) in [6, 6.07) is 18.1. The molecule has 1 N–H and O–H groups in total. The number of aromatic nitrogens is 1. The number of carbonyl (C=O) groups excluding carboxylic acids is 1. The molecule has 29 heavy (non-hydrogen) atoms. The number of hydrogen-bond acceptors (Lipinski definition) is 4. The second-order valence-electron chi connectivity index (χ2n) is 7.39. The highest BCUT2D eigenvalue weighted by molar-refractivity contribution is 5.94. The monoisotopic (exact) mass is 392 g/mol. The third kappa shape index (κ3) is 4.60. The van der Waals surface area contributed by atoms with E-state index < -0.39 is 0 Å². The molecule has 3 heterocycles. The predicted molar refractivity (Wildman–Crippen MR) is 116 cm³/mol. The SMILES string of the molecule is COCCN1CCN(c2ccc3ccc(C(=O)NCc4ccccc4)cn23)CC1. The van der Waals surface area contributed by atoms with Crippen molar-refractivity contribution in [1.29, 1.82) is 0 Å². The van der Waals surface area contributed by atoms with Crippen LogP contribution in [0.3, 0.4) is 0 Å². The summed E-state index contributed by atoms with van der Waals surface area (Å²) in [6.07, 6.45) is 1.95. The zero-order valence-electron chi connectivity index (χ0n) is 16.9. The third-order valence-electron chi connectivity index (χ3n) is 5.50. The van der Waals surface area contributed by atoms with E-state index in [1.807, 2.05) is 48.7 Å². The van der Waals surface area contributed by atoms with Crippen LogP contribution in [0.5, 0.6) is 0 Å². The largest absolute Gasteiger partial charge is 0.383 e. The number of benzene rings is 1. The highest BCUT2D eigenvalue weighted by Gasteiger charge is 2.19. The summed E-state index contributed by atoms with van der Waals surface area (Å²) >= 11 is 0. The molecule has 6 nitrogen and oxygen atoms in total. The number of amides is 1. The van der Waals surface area contributed by atoms with E-state index >= 15 is 0 Å². The molecule has 1 saturated heterocycles. The molecule has 0 aliphatic carbocycles. The van der Waals surface area contributed by atoms with Crippen LogP contribution < -0.4 is 10.2 Å². The maximum atomic E-state index is 12.7. The number of rotatable bonds is 7. The first-order chi connectivity index (χ1) is 14.2. The first-order valence-electron chi connectivity index (χ1n) is 10.1. The Morgan fingerprint density at radius 1 is 1.00 bits per heavy atom. The molecule has 0 radical (unpaired) electrons. The first-order valence-corrected chi connectivity index (χ1v) is 10.1. The van der Waals surface area contributed by atoms with Gasteiger partial charge in [0.1, 0.15) is 5.82 Å². The van der Waals surface area contributed by atoms with Gasteiger partial charge in [-0.15, -0.1) is 0 Å². The minimum absolute atomic E-state index is 0.0558. The molecule has 0 saturated carbocycles. The second kappa shape index (κ2) is 9.11. The number of methoxy groups -OCH3 is 1. The van der Waals surface area contributed by atoms with Crippen molar-refractivity contribution in [2.75, 3.05) is 51.3 Å². The van der Waals surface area contributed by atoms with Crippen LogP contribution in [-0.4, -0.2) is 61.6 Å². The Balaban J connectivity index is 1.44. The molecular formula is C23H28N4O2. The molecule has 6 heteroatoms. The maximum absolute atomic E-state index is 12.7. The quantitative estimate of drug-likeness (QED) is 0.672. The Morgan fingerprint density at radius 2 is 1.76 bits per heavy atom. The number of ether oxygens (including phenoxy) is 1. The van der Waals surface area contributed by atoms with Crippen molar-refractivity contribution >= 4 is 17.2 Å². The van der Waals surface area contributed by atoms with Crippen molar-refractivity contribution in [3.05, 3.63) is 71.9 Å². The molecule has 1 fully saturated rings. The fourth-order valence-electron chi connectivity index (χ4n) is 3.78. The van der Waals surface area contributed by atoms with Gasteiger partial charge in [-0.25, -0.2) is 0 Å². The molecule has 152 valence electrons. The molecule has 0 atom stereocenters. The number of pyridine rings is 1. The lowest BCUT2D eigenvalue weighted by atomic mass is 10.2. The fraction of sp³-hybridized carbons (Fsp3) is 0.348. The van der Waals surface area contributed by atoms with Gasteiger partial charge in [0.2, 0.25) is 0 Å². The van der Waals surface area contributed by atoms with E-state index in [0.717, 1.165) is 56.2 Å². The molecule has 1 aliphatic rings. The standard InChI is InChI=1S/C23H28N4O2/c1-29-16-15-25-11-13-26(14-12-25)22-10-9-21-8-7-20(18-27(21)22)23(28)24-17-19-5-3-2-4-6-19/h2-10,18H,11-17H2,1H3,(H,24,28). The molecule has 1 amide bonds. The van der Waals surface area contributed by atoms with Gasteiger partial charge in [-0.2, -0.15) is 0 Å². The number of carbonyl (C=O) groups is 1. The molecule has 0 unspecified atom stereocenters. The average molecular weight is 393 g/mol. The average Bonchev–Trinajstić information content (AvgIpc) is 3.20. The molecule has 1 aromatic carbocycles. The molecule has 4 rings (SSSR count). The van der Waals surface area contributed by atoms with Gasteiger partial charge in [0, 0.05) is 58.1 Å². The fourth-order valence-corrected chi connectivity index (χ4v) is 3.78. The highest BCUT2D eigenvalue weighted by atomic mass is 16.5. The predicted octanol–water partition coefficient (Wildman–Crippen LogP) is 2.64. The number of hydrogen-bond donors (Lipinski definition) is 1. The van der Waals surface area contributed by atoms with Crippen LogP contribution >= 0.6 is 0 Å². The van der Waals surface area contributed by atoms with Crippen molar-refractivity contribution in [2.24, 2.45) is 0 Å². The van der Waals surface area contributed by atoms with E-state index in [0.29, 0.717) is 12.1 Å². The number of anilines is 1. The van der Waals surface area contributed by atoms with Gasteiger partial charge in [-0.05, 0) is 29.8 Å². The van der Waals surface area contributed by atoms with E-state index in [2.05, 4.69) is 31.7 Å². The van der Waals surface area contributed by atoms with E-state index in [4.69, 9.17) is 4.74 Å². The molecule has 3 aromatic rings. The number of nitrogens with one attached hydrogen (secondary N) is 1. The summed E-state index contributed by atoms with van der Waals surface area (Å²) in [7, 11) is 1.75. The number of nitrogens with zero attached hydrogens (tertiary/aromatic N) is 3. The molecular weight excluding hydrogens is 364 g/mol. The van der Waals surface area contributed by atoms with Gasteiger partial charge in [0.25, 0.3) is 5.91 Å². The van der Waals surface area contributed by atoms with E-state index in [1.165, 1.54) is 0 Å². The van der Waals surface area contributed by atoms with E-state index in [9.17, 15) is 4.79 Å². The van der Waals surface area contributed by atoms with Crippen molar-refractivity contribution in [3.63, 3.8) is 0 Å². The van der Waals surface area contributed by atoms with Crippen LogP contribution in [0.2, 0.25) is 0 Å². The van der Waals surface area contributed by atoms with Gasteiger partial charge in [-0.3, -0.25) is 9.69 Å². The summed E-state index contributed by atoms with van der Waals surface area (Å²) in [4.78, 5) is 17.5. The topological polar surface area (TPSA) is 49.2 Å². The third-order valence-corrected chi connectivity index (χ3v) is 5.50. The van der Waals surface area contributed by atoms with Gasteiger partial charge in [-0.1, -0.05) is 30.3 Å². The lowest BCUT2D eigenvalue weighted by Gasteiger charge is -2.35. The van der Waals surface area contributed by atoms with Crippen LogP contribution in [0.1, 0.15) is 15.9 Å². The van der Waals surface area contributed by atoms with Crippen LogP contribution in [0.4, 0.5) is 5.82 Å². The molecule has 1 aliphatic heterocycles. The smallest absolute Gasteiger partial charge is 0.253 e. The van der Waals surface area contributed by atoms with Crippen LogP contribution in [0, 0.1) is 0 Å². The number of piperazine rings is 1. The minimum Gasteiger partial charge on any atom is -0.383 e. The van der Waals surface area contributed by atoms with Crippen molar-refractivity contribution in [1.82, 2.24) is 14.6 Å². The van der Waals surface area contributed by atoms with Crippen molar-refractivity contribution in [3.8, 4) is 0 Å². The zero-order chi connectivity index (χ0) is 20.1. The van der Waals surface area contributed by atoms with Gasteiger partial charge in [0.15, 0.2) is 0 Å². The normalized spacial score (nSPS) is 15.0. The van der Waals surface area contributed by atoms with E-state index in [1.54, 1.807) is 7.11 Å². The number of fused-ring (bicyclic) bond motifs is 1. The Labute approximate surface area is 171 Å². The van der Waals surface area contributed by atoms with Gasteiger partial charge in [0.05, 0.1) is 12.2 Å². The summed E-state index contributed by atoms with van der Waals surface area (Å²) in [5.41, 5.74) is 2.86. The van der Waals surface area contributed by atoms with Crippen molar-refractivity contribution < 1.29 is 9.53 Å². The zero-order valence-corrected chi connectivity index (χ0v) is 16.9. The highest BCUT2D eigenvalue weighted by Crippen LogP contribution is 2.22. The Bertz CT molecular complexity index is 946.